The topological polar surface area (TPSA) is 35.5 Å². The van der Waals surface area contributed by atoms with Crippen LogP contribution in [0.15, 0.2) is 30.3 Å². The molecular weight excluding hydrogens is 223 g/mol. The fourth-order valence-corrected chi connectivity index (χ4v) is 2.90. The normalized spacial score (nSPS) is 20.0. The average Bonchev–Trinajstić information content (AvgIpc) is 3.13. The lowest BCUT2D eigenvalue weighted by atomic mass is 10.2. The molecule has 2 rings (SSSR count). The Balaban J connectivity index is 2.17. The van der Waals surface area contributed by atoms with Crippen LogP contribution in [-0.4, -0.2) is 12.5 Å². The molecule has 0 bridgehead atoms. The number of ether oxygens (including phenoxy) is 1. The van der Waals surface area contributed by atoms with Crippen molar-refractivity contribution in [1.82, 2.24) is 0 Å². The molecule has 1 aromatic rings. The van der Waals surface area contributed by atoms with Gasteiger partial charge in [-0.25, -0.2) is 0 Å². The second kappa shape index (κ2) is 4.52. The van der Waals surface area contributed by atoms with Crippen molar-refractivity contribution in [1.29, 1.82) is 0 Å². The van der Waals surface area contributed by atoms with Crippen molar-refractivity contribution in [3.63, 3.8) is 0 Å². The van der Waals surface area contributed by atoms with Crippen LogP contribution in [0.25, 0.3) is 0 Å². The smallest absolute Gasteiger partial charge is 0.442 e. The van der Waals surface area contributed by atoms with E-state index in [2.05, 4.69) is 0 Å². The highest BCUT2D eigenvalue weighted by atomic mass is 31.1. The van der Waals surface area contributed by atoms with E-state index in [0.717, 1.165) is 18.6 Å². The second-order valence-corrected chi connectivity index (χ2v) is 5.95. The monoisotopic (exact) mass is 239 g/mol. The zero-order valence-electron chi connectivity index (χ0n) is 9.55. The van der Waals surface area contributed by atoms with Crippen LogP contribution < -0.4 is 4.74 Å². The summed E-state index contributed by atoms with van der Waals surface area (Å²) in [6.45, 7) is 1.87. The van der Waals surface area contributed by atoms with Gasteiger partial charge in [0.05, 0.1) is 7.11 Å². The Labute approximate surface area is 96.6 Å². The van der Waals surface area contributed by atoms with E-state index in [1.54, 1.807) is 0 Å². The Hall–Kier alpha value is -0.920. The van der Waals surface area contributed by atoms with Crippen molar-refractivity contribution in [2.24, 2.45) is 5.92 Å². The zero-order valence-corrected chi connectivity index (χ0v) is 10.4. The van der Waals surface area contributed by atoms with E-state index in [4.69, 9.17) is 9.26 Å². The first-order chi connectivity index (χ1) is 7.66. The van der Waals surface area contributed by atoms with Crippen LogP contribution in [0.4, 0.5) is 0 Å². The maximum atomic E-state index is 11.9. The van der Waals surface area contributed by atoms with E-state index in [9.17, 15) is 4.57 Å². The molecule has 1 aliphatic rings. The second-order valence-electron chi connectivity index (χ2n) is 4.18. The molecule has 2 atom stereocenters. The quantitative estimate of drug-likeness (QED) is 0.737. The molecule has 4 heteroatoms. The SMILES string of the molecule is CO[P+](=O)C(C)(Oc1ccccc1)C1CC1. The van der Waals surface area contributed by atoms with Crippen molar-refractivity contribution in [3.05, 3.63) is 30.3 Å². The van der Waals surface area contributed by atoms with Crippen molar-refractivity contribution in [2.75, 3.05) is 7.11 Å². The molecule has 0 saturated heterocycles. The van der Waals surface area contributed by atoms with Crippen molar-refractivity contribution >= 4 is 8.03 Å². The molecule has 1 aromatic carbocycles. The summed E-state index contributed by atoms with van der Waals surface area (Å²) in [5, 5.41) is -0.689. The number of hydrogen-bond donors (Lipinski definition) is 0. The van der Waals surface area contributed by atoms with Crippen LogP contribution in [0.5, 0.6) is 5.75 Å². The predicted octanol–water partition coefficient (Wildman–Crippen LogP) is 3.58. The number of rotatable bonds is 5. The summed E-state index contributed by atoms with van der Waals surface area (Å²) < 4.78 is 22.8. The largest absolute Gasteiger partial charge is 0.556 e. The number of para-hydroxylation sites is 1. The first-order valence-corrected chi connectivity index (χ1v) is 6.60. The van der Waals surface area contributed by atoms with Gasteiger partial charge in [-0.15, -0.1) is 4.52 Å². The summed E-state index contributed by atoms with van der Waals surface area (Å²) in [5.41, 5.74) is 0. The van der Waals surface area contributed by atoms with Crippen molar-refractivity contribution < 1.29 is 13.8 Å². The summed E-state index contributed by atoms with van der Waals surface area (Å²) in [6.07, 6.45) is 2.13. The van der Waals surface area contributed by atoms with E-state index in [-0.39, 0.29) is 0 Å². The van der Waals surface area contributed by atoms with Gasteiger partial charge in [0.2, 0.25) is 0 Å². The summed E-state index contributed by atoms with van der Waals surface area (Å²) >= 11 is 0. The molecule has 3 nitrogen and oxygen atoms in total. The van der Waals surface area contributed by atoms with E-state index in [1.165, 1.54) is 7.11 Å². The van der Waals surface area contributed by atoms with Gasteiger partial charge < -0.3 is 4.74 Å². The van der Waals surface area contributed by atoms with Crippen LogP contribution in [-0.2, 0) is 9.09 Å². The molecule has 0 aliphatic heterocycles. The third-order valence-electron chi connectivity index (χ3n) is 2.93. The molecule has 0 radical (unpaired) electrons. The minimum atomic E-state index is -1.80. The maximum absolute atomic E-state index is 11.9. The predicted molar refractivity (Wildman–Crippen MR) is 62.8 cm³/mol. The first kappa shape index (κ1) is 11.6. The van der Waals surface area contributed by atoms with Crippen molar-refractivity contribution in [2.45, 2.75) is 25.1 Å². The van der Waals surface area contributed by atoms with E-state index >= 15 is 0 Å². The molecule has 0 aromatic heterocycles. The van der Waals surface area contributed by atoms with Gasteiger partial charge in [0, 0.05) is 12.8 Å². The summed E-state index contributed by atoms with van der Waals surface area (Å²) in [6, 6.07) is 9.49. The van der Waals surface area contributed by atoms with E-state index in [1.807, 2.05) is 37.3 Å². The van der Waals surface area contributed by atoms with Gasteiger partial charge in [-0.2, -0.15) is 0 Å². The minimum absolute atomic E-state index is 0.344. The summed E-state index contributed by atoms with van der Waals surface area (Å²) in [5.74, 6) is 1.09. The maximum Gasteiger partial charge on any atom is 0.556 e. The van der Waals surface area contributed by atoms with Crippen LogP contribution in [0, 0.1) is 5.92 Å². The molecule has 0 amide bonds. The van der Waals surface area contributed by atoms with Gasteiger partial charge in [0.1, 0.15) is 5.75 Å². The summed E-state index contributed by atoms with van der Waals surface area (Å²) in [4.78, 5) is 0. The molecule has 86 valence electrons. The van der Waals surface area contributed by atoms with Gasteiger partial charge in [0.15, 0.2) is 0 Å². The third kappa shape index (κ3) is 2.26. The molecule has 2 unspecified atom stereocenters. The van der Waals surface area contributed by atoms with Gasteiger partial charge in [-0.1, -0.05) is 18.2 Å². The Morgan fingerprint density at radius 1 is 1.31 bits per heavy atom. The van der Waals surface area contributed by atoms with Gasteiger partial charge >= 0.3 is 13.4 Å². The van der Waals surface area contributed by atoms with Gasteiger partial charge in [-0.05, 0) is 29.5 Å². The van der Waals surface area contributed by atoms with Crippen LogP contribution in [0.1, 0.15) is 19.8 Å². The van der Waals surface area contributed by atoms with E-state index in [0.29, 0.717) is 5.92 Å². The molecular formula is C12H16O3P+. The molecule has 0 N–H and O–H groups in total. The lowest BCUT2D eigenvalue weighted by Gasteiger charge is -2.19. The Morgan fingerprint density at radius 3 is 2.44 bits per heavy atom. The molecule has 16 heavy (non-hydrogen) atoms. The fraction of sp³-hybridized carbons (Fsp3) is 0.500. The minimum Gasteiger partial charge on any atom is -0.442 e. The fourth-order valence-electron chi connectivity index (χ4n) is 1.80. The summed E-state index contributed by atoms with van der Waals surface area (Å²) in [7, 11) is -0.331. The van der Waals surface area contributed by atoms with Crippen LogP contribution in [0.2, 0.25) is 0 Å². The van der Waals surface area contributed by atoms with E-state index < -0.39 is 13.4 Å². The standard InChI is InChI=1S/C12H16O3P/c1-12(10-8-9-10,16(13)14-2)15-11-6-4-3-5-7-11/h3-7,10H,8-9H2,1-2H3/q+1. The average molecular weight is 239 g/mol. The molecule has 0 heterocycles. The molecule has 1 aliphatic carbocycles. The van der Waals surface area contributed by atoms with Gasteiger partial charge in [0.25, 0.3) is 0 Å². The Morgan fingerprint density at radius 2 is 1.94 bits per heavy atom. The first-order valence-electron chi connectivity index (χ1n) is 5.42. The number of benzene rings is 1. The van der Waals surface area contributed by atoms with Crippen molar-refractivity contribution in [3.8, 4) is 5.75 Å². The lowest BCUT2D eigenvalue weighted by Crippen LogP contribution is -2.31. The Bertz CT molecular complexity index is 375. The highest BCUT2D eigenvalue weighted by molar-refractivity contribution is 7.40. The van der Waals surface area contributed by atoms with Crippen LogP contribution >= 0.6 is 8.03 Å². The molecule has 0 spiro atoms. The van der Waals surface area contributed by atoms with Crippen LogP contribution in [0.3, 0.4) is 0 Å². The third-order valence-corrected chi connectivity index (χ3v) is 4.44. The van der Waals surface area contributed by atoms with Gasteiger partial charge in [-0.3, -0.25) is 0 Å². The lowest BCUT2D eigenvalue weighted by molar-refractivity contribution is 0.135. The highest BCUT2D eigenvalue weighted by Gasteiger charge is 2.60. The highest BCUT2D eigenvalue weighted by Crippen LogP contribution is 2.54. The number of hydrogen-bond acceptors (Lipinski definition) is 3. The molecule has 1 saturated carbocycles. The Kier molecular flexibility index (Phi) is 3.27. The zero-order chi connectivity index (χ0) is 11.6. The molecule has 1 fully saturated rings.